The van der Waals surface area contributed by atoms with Gasteiger partial charge in [0, 0.05) is 20.3 Å². The molecule has 0 unspecified atom stereocenters. The molecule has 0 atom stereocenters. The van der Waals surface area contributed by atoms with Crippen molar-refractivity contribution in [2.45, 2.75) is 6.54 Å². The maximum Gasteiger partial charge on any atom is 0.257 e. The fourth-order valence-corrected chi connectivity index (χ4v) is 3.00. The Balaban J connectivity index is 1.54. The second-order valence-electron chi connectivity index (χ2n) is 6.25. The highest BCUT2D eigenvalue weighted by Crippen LogP contribution is 2.16. The Morgan fingerprint density at radius 3 is 2.58 bits per heavy atom. The molecular formula is C20H19N5O. The summed E-state index contributed by atoms with van der Waals surface area (Å²) in [5, 5.41) is 4.30. The van der Waals surface area contributed by atoms with Crippen LogP contribution in [0.4, 0.5) is 0 Å². The van der Waals surface area contributed by atoms with Gasteiger partial charge in [0.25, 0.3) is 5.91 Å². The Bertz CT molecular complexity index is 1060. The van der Waals surface area contributed by atoms with Crippen molar-refractivity contribution in [2.75, 3.05) is 7.05 Å². The number of hydrogen-bond donors (Lipinski definition) is 0. The van der Waals surface area contributed by atoms with Gasteiger partial charge in [-0.1, -0.05) is 30.3 Å². The van der Waals surface area contributed by atoms with E-state index in [0.717, 1.165) is 22.5 Å². The minimum absolute atomic E-state index is 0.0840. The van der Waals surface area contributed by atoms with E-state index in [-0.39, 0.29) is 5.91 Å². The van der Waals surface area contributed by atoms with Crippen LogP contribution in [0.25, 0.3) is 16.7 Å². The molecule has 0 aliphatic carbocycles. The monoisotopic (exact) mass is 345 g/mol. The van der Waals surface area contributed by atoms with E-state index in [1.54, 1.807) is 29.0 Å². The molecule has 0 spiro atoms. The van der Waals surface area contributed by atoms with Crippen LogP contribution >= 0.6 is 0 Å². The zero-order valence-corrected chi connectivity index (χ0v) is 14.7. The summed E-state index contributed by atoms with van der Waals surface area (Å²) in [6.45, 7) is 0.431. The average Bonchev–Trinajstić information content (AvgIpc) is 3.28. The number of carbonyl (C=O) groups is 1. The number of rotatable bonds is 4. The minimum atomic E-state index is -0.0840. The van der Waals surface area contributed by atoms with Crippen LogP contribution in [0.1, 0.15) is 16.2 Å². The molecule has 4 aromatic rings. The highest BCUT2D eigenvalue weighted by Gasteiger charge is 2.17. The fourth-order valence-electron chi connectivity index (χ4n) is 3.00. The Hall–Kier alpha value is -3.41. The summed E-state index contributed by atoms with van der Waals surface area (Å²) in [5.41, 5.74) is 3.46. The molecule has 6 nitrogen and oxygen atoms in total. The van der Waals surface area contributed by atoms with Crippen LogP contribution in [0.5, 0.6) is 0 Å². The Morgan fingerprint density at radius 1 is 1.08 bits per heavy atom. The SMILES string of the molecule is CN(Cc1nc2ccccc2n1C)C(=O)c1cnn(-c2ccccc2)c1. The lowest BCUT2D eigenvalue weighted by molar-refractivity contribution is 0.0780. The van der Waals surface area contributed by atoms with Gasteiger partial charge in [-0.2, -0.15) is 5.10 Å². The summed E-state index contributed by atoms with van der Waals surface area (Å²) < 4.78 is 3.72. The summed E-state index contributed by atoms with van der Waals surface area (Å²) >= 11 is 0. The molecule has 2 aromatic heterocycles. The molecule has 0 aliphatic rings. The van der Waals surface area contributed by atoms with Crippen LogP contribution in [0.3, 0.4) is 0 Å². The summed E-state index contributed by atoms with van der Waals surface area (Å²) in [5.74, 6) is 0.761. The van der Waals surface area contributed by atoms with Crippen molar-refractivity contribution in [3.8, 4) is 5.69 Å². The predicted molar refractivity (Wildman–Crippen MR) is 100 cm³/mol. The molecule has 0 saturated carbocycles. The van der Waals surface area contributed by atoms with Gasteiger partial charge in [0.15, 0.2) is 0 Å². The second-order valence-corrected chi connectivity index (χ2v) is 6.25. The Labute approximate surface area is 151 Å². The molecule has 0 fully saturated rings. The molecule has 0 radical (unpaired) electrons. The number of benzene rings is 2. The molecule has 1 amide bonds. The van der Waals surface area contributed by atoms with Crippen molar-refractivity contribution in [2.24, 2.45) is 7.05 Å². The maximum absolute atomic E-state index is 12.8. The molecule has 130 valence electrons. The van der Waals surface area contributed by atoms with E-state index in [0.29, 0.717) is 12.1 Å². The lowest BCUT2D eigenvalue weighted by Gasteiger charge is -2.15. The molecule has 0 aliphatic heterocycles. The number of imidazole rings is 1. The molecule has 2 heterocycles. The number of hydrogen-bond acceptors (Lipinski definition) is 3. The third-order valence-electron chi connectivity index (χ3n) is 4.46. The molecule has 2 aromatic carbocycles. The zero-order valence-electron chi connectivity index (χ0n) is 14.7. The quantitative estimate of drug-likeness (QED) is 0.571. The van der Waals surface area contributed by atoms with Gasteiger partial charge in [-0.15, -0.1) is 0 Å². The van der Waals surface area contributed by atoms with Gasteiger partial charge < -0.3 is 9.47 Å². The smallest absolute Gasteiger partial charge is 0.257 e. The minimum Gasteiger partial charge on any atom is -0.334 e. The summed E-state index contributed by atoms with van der Waals surface area (Å²) in [6.07, 6.45) is 3.35. The van der Waals surface area contributed by atoms with E-state index >= 15 is 0 Å². The van der Waals surface area contributed by atoms with E-state index in [4.69, 9.17) is 0 Å². The normalized spacial score (nSPS) is 11.0. The molecular weight excluding hydrogens is 326 g/mol. The number of para-hydroxylation sites is 3. The van der Waals surface area contributed by atoms with E-state index in [2.05, 4.69) is 10.1 Å². The number of aromatic nitrogens is 4. The van der Waals surface area contributed by atoms with E-state index in [1.165, 1.54) is 0 Å². The maximum atomic E-state index is 12.8. The van der Waals surface area contributed by atoms with Gasteiger partial charge in [-0.3, -0.25) is 4.79 Å². The Morgan fingerprint density at radius 2 is 1.81 bits per heavy atom. The summed E-state index contributed by atoms with van der Waals surface area (Å²) in [6, 6.07) is 17.7. The predicted octanol–water partition coefficient (Wildman–Crippen LogP) is 3.03. The van der Waals surface area contributed by atoms with Crippen LogP contribution in [0, 0.1) is 0 Å². The standard InChI is InChI=1S/C20H19N5O/c1-23(14-19-22-17-10-6-7-11-18(17)24(19)2)20(26)15-12-21-25(13-15)16-8-4-3-5-9-16/h3-13H,14H2,1-2H3. The van der Waals surface area contributed by atoms with Crippen molar-refractivity contribution in [3.05, 3.63) is 78.4 Å². The topological polar surface area (TPSA) is 56.0 Å². The van der Waals surface area contributed by atoms with Crippen molar-refractivity contribution < 1.29 is 4.79 Å². The molecule has 4 rings (SSSR count). The lowest BCUT2D eigenvalue weighted by atomic mass is 10.3. The third kappa shape index (κ3) is 2.86. The average molecular weight is 345 g/mol. The van der Waals surface area contributed by atoms with Crippen molar-refractivity contribution in [1.29, 1.82) is 0 Å². The molecule has 0 bridgehead atoms. The van der Waals surface area contributed by atoms with Gasteiger partial charge in [0.1, 0.15) is 5.82 Å². The highest BCUT2D eigenvalue weighted by molar-refractivity contribution is 5.93. The van der Waals surface area contributed by atoms with Gasteiger partial charge in [-0.05, 0) is 24.3 Å². The van der Waals surface area contributed by atoms with Crippen LogP contribution < -0.4 is 0 Å². The summed E-state index contributed by atoms with van der Waals surface area (Å²) in [7, 11) is 3.75. The van der Waals surface area contributed by atoms with Crippen LogP contribution in [0.2, 0.25) is 0 Å². The van der Waals surface area contributed by atoms with Crippen LogP contribution in [-0.4, -0.2) is 37.2 Å². The van der Waals surface area contributed by atoms with E-state index < -0.39 is 0 Å². The molecule has 6 heteroatoms. The first-order chi connectivity index (χ1) is 12.6. The van der Waals surface area contributed by atoms with Crippen LogP contribution in [-0.2, 0) is 13.6 Å². The number of aryl methyl sites for hydroxylation is 1. The number of nitrogens with zero attached hydrogens (tertiary/aromatic N) is 5. The van der Waals surface area contributed by atoms with Crippen molar-refractivity contribution >= 4 is 16.9 Å². The summed E-state index contributed by atoms with van der Waals surface area (Å²) in [4.78, 5) is 19.0. The fraction of sp³-hybridized carbons (Fsp3) is 0.150. The molecule has 0 N–H and O–H groups in total. The largest absolute Gasteiger partial charge is 0.334 e. The van der Waals surface area contributed by atoms with Gasteiger partial charge in [0.05, 0.1) is 35.0 Å². The third-order valence-corrected chi connectivity index (χ3v) is 4.46. The first-order valence-electron chi connectivity index (χ1n) is 8.39. The first kappa shape index (κ1) is 16.1. The van der Waals surface area contributed by atoms with Gasteiger partial charge in [0.2, 0.25) is 0 Å². The second kappa shape index (κ2) is 6.48. The van der Waals surface area contributed by atoms with Crippen LogP contribution in [0.15, 0.2) is 67.0 Å². The van der Waals surface area contributed by atoms with Gasteiger partial charge >= 0.3 is 0 Å². The zero-order chi connectivity index (χ0) is 18.1. The molecule has 0 saturated heterocycles. The lowest BCUT2D eigenvalue weighted by Crippen LogP contribution is -2.27. The molecule has 26 heavy (non-hydrogen) atoms. The van der Waals surface area contributed by atoms with Gasteiger partial charge in [-0.25, -0.2) is 9.67 Å². The first-order valence-corrected chi connectivity index (χ1v) is 8.39. The highest BCUT2D eigenvalue weighted by atomic mass is 16.2. The number of fused-ring (bicyclic) bond motifs is 1. The van der Waals surface area contributed by atoms with E-state index in [1.807, 2.05) is 66.2 Å². The Kier molecular flexibility index (Phi) is 4.01. The number of carbonyl (C=O) groups excluding carboxylic acids is 1. The number of amides is 1. The van der Waals surface area contributed by atoms with E-state index in [9.17, 15) is 4.79 Å². The van der Waals surface area contributed by atoms with Crippen molar-refractivity contribution in [1.82, 2.24) is 24.2 Å². The van der Waals surface area contributed by atoms with Crippen molar-refractivity contribution in [3.63, 3.8) is 0 Å².